The molecule has 1 aliphatic heterocycles. The molecule has 166 valence electrons. The Balaban J connectivity index is 1.67. The molecule has 0 aromatic heterocycles. The lowest BCUT2D eigenvalue weighted by Gasteiger charge is -2.28. The summed E-state index contributed by atoms with van der Waals surface area (Å²) in [7, 11) is 0. The number of rotatable bonds is 6. The first-order valence-corrected chi connectivity index (χ1v) is 10.8. The van der Waals surface area contributed by atoms with Crippen LogP contribution in [0, 0.1) is 0 Å². The Kier molecular flexibility index (Phi) is 6.56. The summed E-state index contributed by atoms with van der Waals surface area (Å²) in [5.74, 6) is -0.968. The second-order valence-corrected chi connectivity index (χ2v) is 7.77. The van der Waals surface area contributed by atoms with Gasteiger partial charge in [0.2, 0.25) is 0 Å². The second-order valence-electron chi connectivity index (χ2n) is 7.36. The Morgan fingerprint density at radius 3 is 2.33 bits per heavy atom. The highest BCUT2D eigenvalue weighted by atomic mass is 35.5. The van der Waals surface area contributed by atoms with Gasteiger partial charge in [-0.2, -0.15) is 0 Å². The minimum absolute atomic E-state index is 0.158. The highest BCUT2D eigenvalue weighted by molar-refractivity contribution is 6.39. The van der Waals surface area contributed by atoms with E-state index in [9.17, 15) is 14.4 Å². The van der Waals surface area contributed by atoms with Gasteiger partial charge in [0.15, 0.2) is 0 Å². The number of aryl methyl sites for hydroxylation is 1. The third-order valence-electron chi connectivity index (χ3n) is 5.27. The predicted molar refractivity (Wildman–Crippen MR) is 127 cm³/mol. The lowest BCUT2D eigenvalue weighted by Crippen LogP contribution is -2.54. The standard InChI is InChI=1S/C26H21ClN2O4/c1-2-17-9-4-7-13-22(17)29-25(31)20(24(30)28-26(29)32)15-18-10-5-8-14-23(18)33-16-19-11-3-6-12-21(19)27/h3-15H,2,16H2,1H3,(H,28,30,32)/b20-15-. The maximum Gasteiger partial charge on any atom is 0.335 e. The van der Waals surface area contributed by atoms with Crippen LogP contribution in [0.15, 0.2) is 78.4 Å². The molecule has 4 rings (SSSR count). The molecule has 1 aliphatic rings. The Morgan fingerprint density at radius 2 is 1.58 bits per heavy atom. The lowest BCUT2D eigenvalue weighted by molar-refractivity contribution is -0.122. The quantitative estimate of drug-likeness (QED) is 0.408. The van der Waals surface area contributed by atoms with Crippen molar-refractivity contribution in [1.82, 2.24) is 5.32 Å². The van der Waals surface area contributed by atoms with Crippen molar-refractivity contribution in [2.75, 3.05) is 4.90 Å². The summed E-state index contributed by atoms with van der Waals surface area (Å²) in [6.45, 7) is 2.15. The number of para-hydroxylation sites is 2. The number of hydrogen-bond donors (Lipinski definition) is 1. The number of nitrogens with zero attached hydrogens (tertiary/aromatic N) is 1. The minimum atomic E-state index is -0.772. The maximum atomic E-state index is 13.3. The monoisotopic (exact) mass is 460 g/mol. The normalized spacial score (nSPS) is 15.0. The number of carbonyl (C=O) groups is 3. The van der Waals surface area contributed by atoms with Gasteiger partial charge in [0.05, 0.1) is 5.69 Å². The first-order valence-electron chi connectivity index (χ1n) is 10.4. The topological polar surface area (TPSA) is 75.7 Å². The van der Waals surface area contributed by atoms with Crippen molar-refractivity contribution in [1.29, 1.82) is 0 Å². The Hall–Kier alpha value is -3.90. The number of hydrogen-bond acceptors (Lipinski definition) is 4. The van der Waals surface area contributed by atoms with Crippen LogP contribution < -0.4 is 15.0 Å². The number of urea groups is 1. The molecule has 6 nitrogen and oxygen atoms in total. The summed E-state index contributed by atoms with van der Waals surface area (Å²) in [6, 6.07) is 20.7. The van der Waals surface area contributed by atoms with E-state index in [0.29, 0.717) is 28.4 Å². The number of barbiturate groups is 1. The molecular formula is C26H21ClN2O4. The molecule has 1 heterocycles. The van der Waals surface area contributed by atoms with Gasteiger partial charge in [-0.05, 0) is 36.3 Å². The van der Waals surface area contributed by atoms with E-state index in [0.717, 1.165) is 16.0 Å². The molecular weight excluding hydrogens is 440 g/mol. The molecule has 0 unspecified atom stereocenters. The van der Waals surface area contributed by atoms with Crippen LogP contribution >= 0.6 is 11.6 Å². The van der Waals surface area contributed by atoms with E-state index in [1.54, 1.807) is 42.5 Å². The van der Waals surface area contributed by atoms with Gasteiger partial charge in [-0.15, -0.1) is 0 Å². The molecule has 0 aliphatic carbocycles. The first-order chi connectivity index (χ1) is 16.0. The van der Waals surface area contributed by atoms with Crippen molar-refractivity contribution in [2.45, 2.75) is 20.0 Å². The van der Waals surface area contributed by atoms with Crippen LogP contribution in [0.5, 0.6) is 5.75 Å². The largest absolute Gasteiger partial charge is 0.488 e. The summed E-state index contributed by atoms with van der Waals surface area (Å²) >= 11 is 6.21. The van der Waals surface area contributed by atoms with E-state index >= 15 is 0 Å². The Labute approximate surface area is 196 Å². The minimum Gasteiger partial charge on any atom is -0.488 e. The molecule has 0 spiro atoms. The van der Waals surface area contributed by atoms with Gasteiger partial charge >= 0.3 is 6.03 Å². The average Bonchev–Trinajstić information content (AvgIpc) is 2.82. The molecule has 0 bridgehead atoms. The number of benzene rings is 3. The third-order valence-corrected chi connectivity index (χ3v) is 5.64. The molecule has 7 heteroatoms. The number of amides is 4. The van der Waals surface area contributed by atoms with Crippen LogP contribution in [-0.2, 0) is 22.6 Å². The van der Waals surface area contributed by atoms with Crippen molar-refractivity contribution < 1.29 is 19.1 Å². The summed E-state index contributed by atoms with van der Waals surface area (Å²) in [5, 5.41) is 2.85. The SMILES string of the molecule is CCc1ccccc1N1C(=O)NC(=O)/C(=C/c2ccccc2OCc2ccccc2Cl)C1=O. The third kappa shape index (κ3) is 4.66. The Bertz CT molecular complexity index is 1270. The van der Waals surface area contributed by atoms with Gasteiger partial charge in [0.25, 0.3) is 11.8 Å². The molecule has 33 heavy (non-hydrogen) atoms. The zero-order valence-electron chi connectivity index (χ0n) is 17.9. The molecule has 4 amide bonds. The smallest absolute Gasteiger partial charge is 0.335 e. The van der Waals surface area contributed by atoms with Crippen LogP contribution in [-0.4, -0.2) is 17.8 Å². The van der Waals surface area contributed by atoms with Gasteiger partial charge in [-0.1, -0.05) is 73.1 Å². The molecule has 3 aromatic carbocycles. The van der Waals surface area contributed by atoms with Crippen molar-refractivity contribution in [2.24, 2.45) is 0 Å². The van der Waals surface area contributed by atoms with Crippen LogP contribution in [0.4, 0.5) is 10.5 Å². The first kappa shape index (κ1) is 22.3. The van der Waals surface area contributed by atoms with E-state index < -0.39 is 17.8 Å². The zero-order valence-corrected chi connectivity index (χ0v) is 18.6. The summed E-state index contributed by atoms with van der Waals surface area (Å²) < 4.78 is 5.93. The maximum absolute atomic E-state index is 13.3. The number of ether oxygens (including phenoxy) is 1. The van der Waals surface area contributed by atoms with Crippen molar-refractivity contribution in [3.63, 3.8) is 0 Å². The van der Waals surface area contributed by atoms with Crippen LogP contribution in [0.3, 0.4) is 0 Å². The second kappa shape index (κ2) is 9.71. The summed E-state index contributed by atoms with van der Waals surface area (Å²) in [4.78, 5) is 39.4. The zero-order chi connectivity index (χ0) is 23.4. The number of halogens is 1. The molecule has 0 atom stereocenters. The molecule has 1 N–H and O–H groups in total. The fraction of sp³-hybridized carbons (Fsp3) is 0.115. The van der Waals surface area contributed by atoms with Crippen LogP contribution in [0.1, 0.15) is 23.6 Å². The highest BCUT2D eigenvalue weighted by Gasteiger charge is 2.37. The van der Waals surface area contributed by atoms with Crippen LogP contribution in [0.25, 0.3) is 6.08 Å². The fourth-order valence-electron chi connectivity index (χ4n) is 3.56. The van der Waals surface area contributed by atoms with Gasteiger partial charge in [0, 0.05) is 16.1 Å². The summed E-state index contributed by atoms with van der Waals surface area (Å²) in [6.07, 6.45) is 2.06. The number of anilines is 1. The van der Waals surface area contributed by atoms with E-state index in [1.807, 2.05) is 37.3 Å². The van der Waals surface area contributed by atoms with E-state index in [4.69, 9.17) is 16.3 Å². The van der Waals surface area contributed by atoms with Crippen molar-refractivity contribution in [3.8, 4) is 5.75 Å². The highest BCUT2D eigenvalue weighted by Crippen LogP contribution is 2.28. The number of nitrogens with one attached hydrogen (secondary N) is 1. The van der Waals surface area contributed by atoms with E-state index in [-0.39, 0.29) is 12.2 Å². The van der Waals surface area contributed by atoms with E-state index in [1.165, 1.54) is 6.08 Å². The van der Waals surface area contributed by atoms with E-state index in [2.05, 4.69) is 5.32 Å². The number of carbonyl (C=O) groups excluding carboxylic acids is 3. The van der Waals surface area contributed by atoms with Crippen molar-refractivity contribution in [3.05, 3.63) is 100 Å². The van der Waals surface area contributed by atoms with Gasteiger partial charge in [-0.25, -0.2) is 9.69 Å². The lowest BCUT2D eigenvalue weighted by atomic mass is 10.0. The van der Waals surface area contributed by atoms with Gasteiger partial charge in [-0.3, -0.25) is 14.9 Å². The predicted octanol–water partition coefficient (Wildman–Crippen LogP) is 5.15. The fourth-order valence-corrected chi connectivity index (χ4v) is 3.75. The van der Waals surface area contributed by atoms with Gasteiger partial charge < -0.3 is 4.74 Å². The van der Waals surface area contributed by atoms with Crippen LogP contribution in [0.2, 0.25) is 5.02 Å². The number of imide groups is 2. The average molecular weight is 461 g/mol. The molecule has 1 saturated heterocycles. The molecule has 0 saturated carbocycles. The Morgan fingerprint density at radius 1 is 0.909 bits per heavy atom. The van der Waals surface area contributed by atoms with Crippen molar-refractivity contribution >= 4 is 41.2 Å². The van der Waals surface area contributed by atoms with Gasteiger partial charge in [0.1, 0.15) is 17.9 Å². The molecule has 0 radical (unpaired) electrons. The molecule has 1 fully saturated rings. The molecule has 3 aromatic rings. The summed E-state index contributed by atoms with van der Waals surface area (Å²) in [5.41, 5.74) is 2.44.